The van der Waals surface area contributed by atoms with Gasteiger partial charge in [0.15, 0.2) is 5.43 Å². The molecule has 0 saturated carbocycles. The van der Waals surface area contributed by atoms with Crippen molar-refractivity contribution in [1.82, 2.24) is 14.5 Å². The summed E-state index contributed by atoms with van der Waals surface area (Å²) in [6.07, 6.45) is 5.91. The second-order valence-electron chi connectivity index (χ2n) is 7.42. The SMILES string of the molecule is O=C1c2oc3ccc(F)cc3c(=O)c2C(c2ccc(Cl)cc2)N1CCCn1ccnc1. The Morgan fingerprint density at radius 1 is 1.10 bits per heavy atom. The number of amides is 1. The van der Waals surface area contributed by atoms with Crippen molar-refractivity contribution < 1.29 is 13.6 Å². The fourth-order valence-corrected chi connectivity index (χ4v) is 4.18. The molecule has 0 spiro atoms. The van der Waals surface area contributed by atoms with Crippen molar-refractivity contribution in [3.05, 3.63) is 99.1 Å². The van der Waals surface area contributed by atoms with E-state index < -0.39 is 17.3 Å². The first-order chi connectivity index (χ1) is 15.0. The monoisotopic (exact) mass is 437 g/mol. The standard InChI is InChI=1S/C23H17ClFN3O3/c24-15-4-2-14(3-5-15)20-19-21(29)17-12-16(25)6-7-18(17)31-22(19)23(30)28(20)10-1-9-27-11-8-26-13-27/h2-8,11-13,20H,1,9-10H2. The van der Waals surface area contributed by atoms with E-state index in [0.29, 0.717) is 24.5 Å². The Labute approximate surface area is 181 Å². The summed E-state index contributed by atoms with van der Waals surface area (Å²) in [5.74, 6) is -0.889. The molecule has 1 atom stereocenters. The molecule has 2 aromatic heterocycles. The summed E-state index contributed by atoms with van der Waals surface area (Å²) >= 11 is 6.04. The molecule has 6 nitrogen and oxygen atoms in total. The van der Waals surface area contributed by atoms with Crippen LogP contribution in [0.3, 0.4) is 0 Å². The highest BCUT2D eigenvalue weighted by atomic mass is 35.5. The lowest BCUT2D eigenvalue weighted by atomic mass is 9.98. The number of halogens is 2. The molecule has 0 radical (unpaired) electrons. The smallest absolute Gasteiger partial charge is 0.290 e. The topological polar surface area (TPSA) is 68.3 Å². The molecule has 2 aromatic carbocycles. The summed E-state index contributed by atoms with van der Waals surface area (Å²) in [4.78, 5) is 32.3. The van der Waals surface area contributed by atoms with Crippen LogP contribution in [0.25, 0.3) is 11.0 Å². The van der Waals surface area contributed by atoms with Gasteiger partial charge >= 0.3 is 0 Å². The van der Waals surface area contributed by atoms with E-state index >= 15 is 0 Å². The van der Waals surface area contributed by atoms with Gasteiger partial charge in [0.25, 0.3) is 5.91 Å². The zero-order valence-electron chi connectivity index (χ0n) is 16.3. The van der Waals surface area contributed by atoms with Crippen molar-refractivity contribution in [3.8, 4) is 0 Å². The highest BCUT2D eigenvalue weighted by Gasteiger charge is 2.42. The van der Waals surface area contributed by atoms with Crippen LogP contribution in [0.1, 0.15) is 34.1 Å². The van der Waals surface area contributed by atoms with Crippen LogP contribution in [0.4, 0.5) is 4.39 Å². The van der Waals surface area contributed by atoms with E-state index in [1.807, 2.05) is 10.8 Å². The molecule has 1 unspecified atom stereocenters. The Kier molecular flexibility index (Phi) is 4.82. The minimum absolute atomic E-state index is 0.00619. The molecule has 1 aliphatic heterocycles. The first-order valence-corrected chi connectivity index (χ1v) is 10.2. The van der Waals surface area contributed by atoms with E-state index in [-0.39, 0.29) is 28.2 Å². The van der Waals surface area contributed by atoms with Crippen molar-refractivity contribution in [2.75, 3.05) is 6.54 Å². The molecule has 1 amide bonds. The van der Waals surface area contributed by atoms with Gasteiger partial charge in [0.05, 0.1) is 23.3 Å². The minimum atomic E-state index is -0.633. The molecule has 0 saturated heterocycles. The molecule has 0 fully saturated rings. The fraction of sp³-hybridized carbons (Fsp3) is 0.174. The number of aromatic nitrogens is 2. The van der Waals surface area contributed by atoms with Crippen LogP contribution in [0.5, 0.6) is 0 Å². The van der Waals surface area contributed by atoms with Crippen molar-refractivity contribution in [2.45, 2.75) is 19.0 Å². The number of imidazole rings is 1. The highest BCUT2D eigenvalue weighted by molar-refractivity contribution is 6.30. The quantitative estimate of drug-likeness (QED) is 0.463. The number of nitrogens with zero attached hydrogens (tertiary/aromatic N) is 3. The number of benzene rings is 2. The van der Waals surface area contributed by atoms with Crippen LogP contribution in [0.15, 0.2) is 70.4 Å². The predicted molar refractivity (Wildman–Crippen MR) is 114 cm³/mol. The lowest BCUT2D eigenvalue weighted by Gasteiger charge is -2.25. The van der Waals surface area contributed by atoms with Crippen molar-refractivity contribution in [2.24, 2.45) is 0 Å². The van der Waals surface area contributed by atoms with Crippen molar-refractivity contribution in [1.29, 1.82) is 0 Å². The fourth-order valence-electron chi connectivity index (χ4n) is 4.06. The van der Waals surface area contributed by atoms with Crippen LogP contribution in [-0.4, -0.2) is 26.9 Å². The molecule has 0 N–H and O–H groups in total. The first kappa shape index (κ1) is 19.5. The molecule has 3 heterocycles. The molecule has 0 bridgehead atoms. The normalized spacial score (nSPS) is 15.6. The van der Waals surface area contributed by atoms with Crippen LogP contribution >= 0.6 is 11.6 Å². The van der Waals surface area contributed by atoms with Gasteiger partial charge < -0.3 is 13.9 Å². The summed E-state index contributed by atoms with van der Waals surface area (Å²) in [5.41, 5.74) is 0.755. The van der Waals surface area contributed by atoms with Gasteiger partial charge in [0, 0.05) is 30.5 Å². The zero-order chi connectivity index (χ0) is 21.5. The van der Waals surface area contributed by atoms with Gasteiger partial charge in [0.1, 0.15) is 11.4 Å². The number of fused-ring (bicyclic) bond motifs is 2. The minimum Gasteiger partial charge on any atom is -0.450 e. The van der Waals surface area contributed by atoms with Crippen molar-refractivity contribution >= 4 is 28.5 Å². The summed E-state index contributed by atoms with van der Waals surface area (Å²) in [6.45, 7) is 1.07. The van der Waals surface area contributed by atoms with Crippen LogP contribution in [-0.2, 0) is 6.54 Å². The molecule has 8 heteroatoms. The second-order valence-corrected chi connectivity index (χ2v) is 7.86. The molecule has 156 valence electrons. The Hall–Kier alpha value is -3.45. The summed E-state index contributed by atoms with van der Waals surface area (Å²) in [6, 6.07) is 10.1. The molecular weight excluding hydrogens is 421 g/mol. The predicted octanol–water partition coefficient (Wildman–Crippen LogP) is 4.42. The summed E-state index contributed by atoms with van der Waals surface area (Å²) in [7, 11) is 0. The van der Waals surface area contributed by atoms with E-state index in [1.165, 1.54) is 12.1 Å². The average Bonchev–Trinajstić information content (AvgIpc) is 3.37. The van der Waals surface area contributed by atoms with Gasteiger partial charge in [-0.2, -0.15) is 0 Å². The third-order valence-electron chi connectivity index (χ3n) is 5.49. The third kappa shape index (κ3) is 3.41. The number of hydrogen-bond acceptors (Lipinski definition) is 4. The Bertz CT molecular complexity index is 1330. The van der Waals surface area contributed by atoms with E-state index in [9.17, 15) is 14.0 Å². The van der Waals surface area contributed by atoms with Crippen LogP contribution < -0.4 is 5.43 Å². The number of aryl methyl sites for hydroxylation is 1. The van der Waals surface area contributed by atoms with Gasteiger partial charge in [-0.15, -0.1) is 0 Å². The Morgan fingerprint density at radius 2 is 1.90 bits per heavy atom. The number of rotatable bonds is 5. The molecule has 4 aromatic rings. The molecule has 1 aliphatic rings. The maximum Gasteiger partial charge on any atom is 0.290 e. The number of carbonyl (C=O) groups is 1. The molecular formula is C23H17ClFN3O3. The third-order valence-corrected chi connectivity index (χ3v) is 5.74. The zero-order valence-corrected chi connectivity index (χ0v) is 17.1. The van der Waals surface area contributed by atoms with E-state index in [1.54, 1.807) is 41.7 Å². The average molecular weight is 438 g/mol. The molecule has 31 heavy (non-hydrogen) atoms. The maximum absolute atomic E-state index is 13.8. The van der Waals surface area contributed by atoms with Gasteiger partial charge in [-0.25, -0.2) is 9.37 Å². The molecule has 0 aliphatic carbocycles. The molecule has 5 rings (SSSR count). The van der Waals surface area contributed by atoms with Gasteiger partial charge in [0.2, 0.25) is 5.76 Å². The van der Waals surface area contributed by atoms with E-state index in [2.05, 4.69) is 4.98 Å². The van der Waals surface area contributed by atoms with Gasteiger partial charge in [-0.3, -0.25) is 9.59 Å². The van der Waals surface area contributed by atoms with Crippen LogP contribution in [0, 0.1) is 5.82 Å². The maximum atomic E-state index is 13.8. The lowest BCUT2D eigenvalue weighted by Crippen LogP contribution is -2.31. The summed E-state index contributed by atoms with van der Waals surface area (Å²) < 4.78 is 21.5. The highest BCUT2D eigenvalue weighted by Crippen LogP contribution is 2.38. The van der Waals surface area contributed by atoms with E-state index in [0.717, 1.165) is 11.6 Å². The second kappa shape index (κ2) is 7.67. The van der Waals surface area contributed by atoms with E-state index in [4.69, 9.17) is 16.0 Å². The van der Waals surface area contributed by atoms with Crippen molar-refractivity contribution in [3.63, 3.8) is 0 Å². The Morgan fingerprint density at radius 3 is 2.65 bits per heavy atom. The number of carbonyl (C=O) groups excluding carboxylic acids is 1. The first-order valence-electron chi connectivity index (χ1n) is 9.81. The van der Waals surface area contributed by atoms with Gasteiger partial charge in [-0.05, 0) is 42.3 Å². The largest absolute Gasteiger partial charge is 0.450 e. The van der Waals surface area contributed by atoms with Crippen LogP contribution in [0.2, 0.25) is 5.02 Å². The summed E-state index contributed by atoms with van der Waals surface area (Å²) in [5, 5.41) is 0.665. The lowest BCUT2D eigenvalue weighted by molar-refractivity contribution is 0.0723. The number of hydrogen-bond donors (Lipinski definition) is 0. The van der Waals surface area contributed by atoms with Gasteiger partial charge in [-0.1, -0.05) is 23.7 Å². The Balaban J connectivity index is 1.60.